The molecule has 1 aliphatic rings. The lowest BCUT2D eigenvalue weighted by Gasteiger charge is -2.12. The maximum absolute atomic E-state index is 12.9. The lowest BCUT2D eigenvalue weighted by Crippen LogP contribution is -2.31. The molecule has 2 aromatic carbocycles. The highest BCUT2D eigenvalue weighted by molar-refractivity contribution is 7.13. The molecule has 1 saturated heterocycles. The summed E-state index contributed by atoms with van der Waals surface area (Å²) in [6, 6.07) is 12.1. The van der Waals surface area contributed by atoms with E-state index in [0.29, 0.717) is 34.1 Å². The van der Waals surface area contributed by atoms with Gasteiger partial charge in [0.15, 0.2) is 0 Å². The summed E-state index contributed by atoms with van der Waals surface area (Å²) in [5.41, 5.74) is 0.659. The predicted molar refractivity (Wildman–Crippen MR) is 115 cm³/mol. The Balaban J connectivity index is 1.44. The van der Waals surface area contributed by atoms with Crippen molar-refractivity contribution in [3.63, 3.8) is 0 Å². The number of halogens is 3. The van der Waals surface area contributed by atoms with Crippen molar-refractivity contribution in [3.8, 4) is 16.3 Å². The summed E-state index contributed by atoms with van der Waals surface area (Å²) >= 11 is 1.30. The van der Waals surface area contributed by atoms with Gasteiger partial charge in [-0.1, -0.05) is 24.3 Å². The van der Waals surface area contributed by atoms with Crippen molar-refractivity contribution in [1.29, 1.82) is 0 Å². The molecule has 0 radical (unpaired) electrons. The fourth-order valence-electron chi connectivity index (χ4n) is 3.37. The Kier molecular flexibility index (Phi) is 6.76. The molecule has 4 rings (SSSR count). The van der Waals surface area contributed by atoms with Gasteiger partial charge in [0.05, 0.1) is 17.2 Å². The number of para-hydroxylation sites is 1. The number of rotatable bonds is 7. The van der Waals surface area contributed by atoms with Gasteiger partial charge in [0.25, 0.3) is 5.91 Å². The summed E-state index contributed by atoms with van der Waals surface area (Å²) in [5, 5.41) is 5.10. The Bertz CT molecular complexity index is 1080. The van der Waals surface area contributed by atoms with Crippen molar-refractivity contribution in [2.45, 2.75) is 31.7 Å². The number of benzene rings is 2. The van der Waals surface area contributed by atoms with Gasteiger partial charge in [-0.2, -0.15) is 13.2 Å². The molecule has 0 bridgehead atoms. The van der Waals surface area contributed by atoms with E-state index in [1.165, 1.54) is 17.4 Å². The van der Waals surface area contributed by atoms with Crippen LogP contribution in [0.4, 0.5) is 13.2 Å². The highest BCUT2D eigenvalue weighted by Crippen LogP contribution is 2.33. The lowest BCUT2D eigenvalue weighted by atomic mass is 10.1. The summed E-state index contributed by atoms with van der Waals surface area (Å²) in [6.07, 6.45) is -2.44. The van der Waals surface area contributed by atoms with E-state index in [9.17, 15) is 18.0 Å². The van der Waals surface area contributed by atoms with Crippen LogP contribution >= 0.6 is 11.3 Å². The number of ether oxygens (including phenoxy) is 2. The average molecular weight is 462 g/mol. The standard InChI is InChI=1S/C23H21F3N2O3S/c24-23(25,26)16-6-3-5-15(11-16)13-31-20-9-2-1-8-18(20)22-28-19(14-32-22)21(29)27-12-17-7-4-10-30-17/h1-3,5-6,8-9,11,14,17H,4,7,10,12-13H2,(H,27,29)/t17-/m1/s1. The molecule has 1 aromatic heterocycles. The van der Waals surface area contributed by atoms with Crippen molar-refractivity contribution in [2.24, 2.45) is 0 Å². The van der Waals surface area contributed by atoms with Crippen LogP contribution < -0.4 is 10.1 Å². The third kappa shape index (κ3) is 5.46. The van der Waals surface area contributed by atoms with Crippen molar-refractivity contribution in [3.05, 3.63) is 70.7 Å². The van der Waals surface area contributed by atoms with Crippen molar-refractivity contribution < 1.29 is 27.4 Å². The Labute approximate surface area is 187 Å². The van der Waals surface area contributed by atoms with Gasteiger partial charge in [-0.25, -0.2) is 4.98 Å². The molecule has 9 heteroatoms. The van der Waals surface area contributed by atoms with Gasteiger partial charge >= 0.3 is 6.18 Å². The summed E-state index contributed by atoms with van der Waals surface area (Å²) < 4.78 is 50.1. The SMILES string of the molecule is O=C(NC[C@H]1CCCO1)c1csc(-c2ccccc2OCc2cccc(C(F)(F)F)c2)n1. The van der Waals surface area contributed by atoms with E-state index in [1.807, 2.05) is 6.07 Å². The quantitative estimate of drug-likeness (QED) is 0.517. The van der Waals surface area contributed by atoms with Crippen molar-refractivity contribution in [2.75, 3.05) is 13.2 Å². The zero-order valence-electron chi connectivity index (χ0n) is 17.0. The maximum atomic E-state index is 12.9. The van der Waals surface area contributed by atoms with E-state index in [2.05, 4.69) is 10.3 Å². The van der Waals surface area contributed by atoms with Gasteiger partial charge in [-0.05, 0) is 42.7 Å². The molecule has 1 atom stereocenters. The van der Waals surface area contributed by atoms with E-state index in [0.717, 1.165) is 31.6 Å². The topological polar surface area (TPSA) is 60.5 Å². The van der Waals surface area contributed by atoms with Crippen molar-refractivity contribution >= 4 is 17.2 Å². The Hall–Kier alpha value is -2.91. The number of nitrogens with zero attached hydrogens (tertiary/aromatic N) is 1. The minimum absolute atomic E-state index is 0.0267. The van der Waals surface area contributed by atoms with Crippen LogP contribution in [0, 0.1) is 0 Å². The maximum Gasteiger partial charge on any atom is 0.416 e. The number of hydrogen-bond donors (Lipinski definition) is 1. The number of carbonyl (C=O) groups is 1. The molecule has 0 aliphatic carbocycles. The molecule has 32 heavy (non-hydrogen) atoms. The van der Waals surface area contributed by atoms with Crippen LogP contribution in [0.25, 0.3) is 10.6 Å². The van der Waals surface area contributed by atoms with Crippen molar-refractivity contribution in [1.82, 2.24) is 10.3 Å². The first-order valence-electron chi connectivity index (χ1n) is 10.1. The van der Waals surface area contributed by atoms with E-state index in [4.69, 9.17) is 9.47 Å². The average Bonchev–Trinajstić information content (AvgIpc) is 3.48. The highest BCUT2D eigenvalue weighted by atomic mass is 32.1. The zero-order valence-corrected chi connectivity index (χ0v) is 17.8. The van der Waals surface area contributed by atoms with Gasteiger partial charge in [0.2, 0.25) is 0 Å². The highest BCUT2D eigenvalue weighted by Gasteiger charge is 2.30. The number of carbonyl (C=O) groups excluding carboxylic acids is 1. The van der Waals surface area contributed by atoms with Gasteiger partial charge in [0.1, 0.15) is 23.1 Å². The van der Waals surface area contributed by atoms with Crippen LogP contribution in [0.3, 0.4) is 0 Å². The molecule has 3 aromatic rings. The second-order valence-electron chi connectivity index (χ2n) is 7.37. The lowest BCUT2D eigenvalue weighted by molar-refractivity contribution is -0.137. The number of hydrogen-bond acceptors (Lipinski definition) is 5. The normalized spacial score (nSPS) is 16.2. The Morgan fingerprint density at radius 3 is 2.84 bits per heavy atom. The van der Waals surface area contributed by atoms with Crippen LogP contribution in [-0.2, 0) is 17.5 Å². The molecule has 0 spiro atoms. The number of aromatic nitrogens is 1. The molecule has 0 saturated carbocycles. The first kappa shape index (κ1) is 22.3. The van der Waals surface area contributed by atoms with Crippen LogP contribution in [0.5, 0.6) is 5.75 Å². The fraction of sp³-hybridized carbons (Fsp3) is 0.304. The van der Waals surface area contributed by atoms with Gasteiger partial charge in [-0.15, -0.1) is 11.3 Å². The van der Waals surface area contributed by atoms with Gasteiger partial charge in [0, 0.05) is 18.5 Å². The molecule has 2 heterocycles. The number of amides is 1. The Morgan fingerprint density at radius 1 is 1.22 bits per heavy atom. The fourth-order valence-corrected chi connectivity index (χ4v) is 4.20. The minimum atomic E-state index is -4.41. The van der Waals surface area contributed by atoms with Gasteiger partial charge in [-0.3, -0.25) is 4.79 Å². The van der Waals surface area contributed by atoms with Crippen LogP contribution in [0.15, 0.2) is 53.9 Å². The summed E-state index contributed by atoms with van der Waals surface area (Å²) in [6.45, 7) is 1.14. The third-order valence-corrected chi connectivity index (χ3v) is 5.89. The zero-order chi connectivity index (χ0) is 22.6. The molecule has 1 amide bonds. The van der Waals surface area contributed by atoms with E-state index in [-0.39, 0.29) is 18.6 Å². The van der Waals surface area contributed by atoms with E-state index < -0.39 is 11.7 Å². The monoisotopic (exact) mass is 462 g/mol. The third-order valence-electron chi connectivity index (χ3n) is 5.02. The second-order valence-corrected chi connectivity index (χ2v) is 8.22. The van der Waals surface area contributed by atoms with E-state index in [1.54, 1.807) is 29.6 Å². The number of nitrogens with one attached hydrogen (secondary N) is 1. The summed E-state index contributed by atoms with van der Waals surface area (Å²) in [7, 11) is 0. The van der Waals surface area contributed by atoms with E-state index >= 15 is 0 Å². The largest absolute Gasteiger partial charge is 0.488 e. The van der Waals surface area contributed by atoms with Crippen LogP contribution in [0.2, 0.25) is 0 Å². The first-order chi connectivity index (χ1) is 15.4. The smallest absolute Gasteiger partial charge is 0.416 e. The number of thiazole rings is 1. The second kappa shape index (κ2) is 9.70. The molecule has 0 unspecified atom stereocenters. The minimum Gasteiger partial charge on any atom is -0.488 e. The molecule has 5 nitrogen and oxygen atoms in total. The van der Waals surface area contributed by atoms with Gasteiger partial charge < -0.3 is 14.8 Å². The predicted octanol–water partition coefficient (Wildman–Crippen LogP) is 5.32. The number of alkyl halides is 3. The molecule has 168 valence electrons. The van der Waals surface area contributed by atoms with Crippen LogP contribution in [0.1, 0.15) is 34.5 Å². The summed E-state index contributed by atoms with van der Waals surface area (Å²) in [4.78, 5) is 16.8. The summed E-state index contributed by atoms with van der Waals surface area (Å²) in [5.74, 6) is 0.205. The molecular weight excluding hydrogens is 441 g/mol. The molecule has 1 fully saturated rings. The van der Waals surface area contributed by atoms with Crippen LogP contribution in [-0.4, -0.2) is 30.1 Å². The first-order valence-corrected chi connectivity index (χ1v) is 11.0. The molecular formula is C23H21F3N2O3S. The Morgan fingerprint density at radius 2 is 2.06 bits per heavy atom. The molecule has 1 aliphatic heterocycles. The molecule has 1 N–H and O–H groups in total.